The standard InChI is InChI=1S/C17H22N4O2/c18-13-14-5-6-19-16(12-14)20-7-9-21(10-8-20)17(22)4-3-15-2-1-11-23-15/h5-6,12,15H,1-4,7-11H2/t15-/m1/s1. The fourth-order valence-electron chi connectivity index (χ4n) is 3.16. The van der Waals surface area contributed by atoms with Gasteiger partial charge < -0.3 is 14.5 Å². The first-order valence-electron chi connectivity index (χ1n) is 8.27. The molecular weight excluding hydrogens is 292 g/mol. The summed E-state index contributed by atoms with van der Waals surface area (Å²) in [6, 6.07) is 5.64. The van der Waals surface area contributed by atoms with Crippen molar-refractivity contribution in [2.75, 3.05) is 37.7 Å². The molecule has 2 aliphatic heterocycles. The van der Waals surface area contributed by atoms with E-state index in [0.29, 0.717) is 25.1 Å². The minimum Gasteiger partial charge on any atom is -0.378 e. The number of hydrogen-bond donors (Lipinski definition) is 0. The molecule has 0 saturated carbocycles. The molecule has 0 spiro atoms. The number of nitriles is 1. The van der Waals surface area contributed by atoms with Crippen LogP contribution in [0.1, 0.15) is 31.2 Å². The number of ether oxygens (including phenoxy) is 1. The second-order valence-electron chi connectivity index (χ2n) is 6.06. The molecule has 0 aromatic carbocycles. The van der Waals surface area contributed by atoms with Gasteiger partial charge in [-0.15, -0.1) is 0 Å². The lowest BCUT2D eigenvalue weighted by Gasteiger charge is -2.35. The Morgan fingerprint density at radius 1 is 1.39 bits per heavy atom. The van der Waals surface area contributed by atoms with Gasteiger partial charge in [0, 0.05) is 45.4 Å². The Kier molecular flexibility index (Phi) is 5.09. The van der Waals surface area contributed by atoms with E-state index in [0.717, 1.165) is 44.8 Å². The van der Waals surface area contributed by atoms with Crippen molar-refractivity contribution in [1.82, 2.24) is 9.88 Å². The Bertz CT molecular complexity index is 585. The summed E-state index contributed by atoms with van der Waals surface area (Å²) in [6.45, 7) is 3.78. The minimum atomic E-state index is 0.221. The summed E-state index contributed by atoms with van der Waals surface area (Å²) in [7, 11) is 0. The Labute approximate surface area is 136 Å². The maximum absolute atomic E-state index is 12.3. The third-order valence-electron chi connectivity index (χ3n) is 4.54. The Hall–Kier alpha value is -2.13. The van der Waals surface area contributed by atoms with Crippen molar-refractivity contribution in [2.24, 2.45) is 0 Å². The number of amides is 1. The van der Waals surface area contributed by atoms with E-state index in [4.69, 9.17) is 10.00 Å². The van der Waals surface area contributed by atoms with E-state index in [1.54, 1.807) is 18.3 Å². The molecule has 0 aliphatic carbocycles. The van der Waals surface area contributed by atoms with E-state index in [2.05, 4.69) is 16.0 Å². The van der Waals surface area contributed by atoms with E-state index in [9.17, 15) is 4.79 Å². The second-order valence-corrected chi connectivity index (χ2v) is 6.06. The Balaban J connectivity index is 1.47. The van der Waals surface area contributed by atoms with Gasteiger partial charge in [0.05, 0.1) is 17.7 Å². The van der Waals surface area contributed by atoms with Crippen LogP contribution in [-0.2, 0) is 9.53 Å². The van der Waals surface area contributed by atoms with Crippen LogP contribution in [-0.4, -0.2) is 54.7 Å². The summed E-state index contributed by atoms with van der Waals surface area (Å²) in [5.74, 6) is 1.04. The van der Waals surface area contributed by atoms with E-state index in [-0.39, 0.29) is 12.0 Å². The lowest BCUT2D eigenvalue weighted by Crippen LogP contribution is -2.49. The van der Waals surface area contributed by atoms with Crippen LogP contribution in [0.2, 0.25) is 0 Å². The number of aromatic nitrogens is 1. The van der Waals surface area contributed by atoms with Crippen molar-refractivity contribution < 1.29 is 9.53 Å². The van der Waals surface area contributed by atoms with Gasteiger partial charge in [-0.1, -0.05) is 0 Å². The molecule has 2 aliphatic rings. The van der Waals surface area contributed by atoms with E-state index in [1.807, 2.05) is 4.90 Å². The number of anilines is 1. The highest BCUT2D eigenvalue weighted by molar-refractivity contribution is 5.76. The van der Waals surface area contributed by atoms with Gasteiger partial charge in [-0.05, 0) is 31.4 Å². The monoisotopic (exact) mass is 314 g/mol. The largest absolute Gasteiger partial charge is 0.378 e. The summed E-state index contributed by atoms with van der Waals surface area (Å²) in [4.78, 5) is 20.7. The van der Waals surface area contributed by atoms with Crippen molar-refractivity contribution >= 4 is 11.7 Å². The summed E-state index contributed by atoms with van der Waals surface area (Å²) >= 11 is 0. The summed E-state index contributed by atoms with van der Waals surface area (Å²) in [5.41, 5.74) is 0.616. The molecule has 0 radical (unpaired) electrons. The first-order valence-corrected chi connectivity index (χ1v) is 8.27. The Morgan fingerprint density at radius 2 is 2.22 bits per heavy atom. The zero-order valence-electron chi connectivity index (χ0n) is 13.3. The third-order valence-corrected chi connectivity index (χ3v) is 4.54. The first-order chi connectivity index (χ1) is 11.3. The molecule has 6 heteroatoms. The van der Waals surface area contributed by atoms with E-state index in [1.165, 1.54) is 0 Å². The normalized spacial score (nSPS) is 21.3. The molecule has 122 valence electrons. The minimum absolute atomic E-state index is 0.221. The van der Waals surface area contributed by atoms with Gasteiger partial charge in [0.2, 0.25) is 5.91 Å². The number of nitrogens with zero attached hydrogens (tertiary/aromatic N) is 4. The van der Waals surface area contributed by atoms with Crippen LogP contribution in [0.4, 0.5) is 5.82 Å². The van der Waals surface area contributed by atoms with Crippen LogP contribution >= 0.6 is 0 Å². The molecule has 3 rings (SSSR count). The van der Waals surface area contributed by atoms with E-state index < -0.39 is 0 Å². The number of hydrogen-bond acceptors (Lipinski definition) is 5. The molecule has 1 aromatic rings. The van der Waals surface area contributed by atoms with Gasteiger partial charge in [0.1, 0.15) is 5.82 Å². The number of pyridine rings is 1. The number of carbonyl (C=O) groups is 1. The van der Waals surface area contributed by atoms with Crippen molar-refractivity contribution in [3.63, 3.8) is 0 Å². The number of carbonyl (C=O) groups excluding carboxylic acids is 1. The molecule has 0 unspecified atom stereocenters. The van der Waals surface area contributed by atoms with Gasteiger partial charge in [-0.25, -0.2) is 4.98 Å². The van der Waals surface area contributed by atoms with Crippen molar-refractivity contribution in [1.29, 1.82) is 5.26 Å². The van der Waals surface area contributed by atoms with Gasteiger partial charge in [0.15, 0.2) is 0 Å². The van der Waals surface area contributed by atoms with Crippen LogP contribution in [0.3, 0.4) is 0 Å². The lowest BCUT2D eigenvalue weighted by atomic mass is 10.1. The average molecular weight is 314 g/mol. The molecule has 23 heavy (non-hydrogen) atoms. The Morgan fingerprint density at radius 3 is 2.91 bits per heavy atom. The van der Waals surface area contributed by atoms with Crippen molar-refractivity contribution in [3.8, 4) is 6.07 Å². The van der Waals surface area contributed by atoms with E-state index >= 15 is 0 Å². The zero-order valence-corrected chi connectivity index (χ0v) is 13.3. The molecule has 1 amide bonds. The molecule has 1 aromatic heterocycles. The first kappa shape index (κ1) is 15.8. The van der Waals surface area contributed by atoms with Crippen LogP contribution in [0.15, 0.2) is 18.3 Å². The SMILES string of the molecule is N#Cc1ccnc(N2CCN(C(=O)CC[C@H]3CCCO3)CC2)c1. The summed E-state index contributed by atoms with van der Waals surface area (Å²) in [5, 5.41) is 8.96. The highest BCUT2D eigenvalue weighted by atomic mass is 16.5. The average Bonchev–Trinajstić information content (AvgIpc) is 3.13. The van der Waals surface area contributed by atoms with Crippen LogP contribution in [0.5, 0.6) is 0 Å². The molecule has 3 heterocycles. The van der Waals surface area contributed by atoms with Crippen LogP contribution in [0.25, 0.3) is 0 Å². The van der Waals surface area contributed by atoms with Gasteiger partial charge in [0.25, 0.3) is 0 Å². The van der Waals surface area contributed by atoms with Crippen LogP contribution < -0.4 is 4.90 Å². The van der Waals surface area contributed by atoms with Gasteiger partial charge in [-0.3, -0.25) is 4.79 Å². The highest BCUT2D eigenvalue weighted by Gasteiger charge is 2.23. The molecule has 0 N–H and O–H groups in total. The zero-order chi connectivity index (χ0) is 16.1. The van der Waals surface area contributed by atoms with Crippen molar-refractivity contribution in [3.05, 3.63) is 23.9 Å². The molecule has 0 bridgehead atoms. The van der Waals surface area contributed by atoms with Crippen LogP contribution in [0, 0.1) is 11.3 Å². The molecular formula is C17H22N4O2. The predicted molar refractivity (Wildman–Crippen MR) is 86.0 cm³/mol. The quantitative estimate of drug-likeness (QED) is 0.843. The fourth-order valence-corrected chi connectivity index (χ4v) is 3.16. The second kappa shape index (κ2) is 7.42. The lowest BCUT2D eigenvalue weighted by molar-refractivity contribution is -0.132. The van der Waals surface area contributed by atoms with Crippen molar-refractivity contribution in [2.45, 2.75) is 31.8 Å². The number of rotatable bonds is 4. The molecule has 6 nitrogen and oxygen atoms in total. The third kappa shape index (κ3) is 3.99. The molecule has 2 saturated heterocycles. The predicted octanol–water partition coefficient (Wildman–Crippen LogP) is 1.56. The number of piperazine rings is 1. The fraction of sp³-hybridized carbons (Fsp3) is 0.588. The maximum atomic E-state index is 12.3. The topological polar surface area (TPSA) is 69.5 Å². The smallest absolute Gasteiger partial charge is 0.222 e. The van der Waals surface area contributed by atoms with Gasteiger partial charge >= 0.3 is 0 Å². The summed E-state index contributed by atoms with van der Waals surface area (Å²) in [6.07, 6.45) is 5.55. The van der Waals surface area contributed by atoms with Gasteiger partial charge in [-0.2, -0.15) is 5.26 Å². The highest BCUT2D eigenvalue weighted by Crippen LogP contribution is 2.19. The summed E-state index contributed by atoms with van der Waals surface area (Å²) < 4.78 is 5.57. The molecule has 2 fully saturated rings. The molecule has 1 atom stereocenters. The maximum Gasteiger partial charge on any atom is 0.222 e.